The van der Waals surface area contributed by atoms with Crippen LogP contribution < -0.4 is 20.3 Å². The van der Waals surface area contributed by atoms with Gasteiger partial charge in [-0.3, -0.25) is 19.4 Å². The lowest BCUT2D eigenvalue weighted by Crippen LogP contribution is -2.62. The van der Waals surface area contributed by atoms with E-state index < -0.39 is 5.79 Å². The minimum atomic E-state index is -0.813. The fourth-order valence-corrected chi connectivity index (χ4v) is 8.08. The molecule has 2 aromatic rings. The number of halogens is 1. The Bertz CT molecular complexity index is 1380. The number of rotatable bonds is 7. The number of amides is 1. The molecule has 10 heteroatoms. The average molecular weight is 601 g/mol. The number of nitrogens with zero attached hydrogens (tertiary/aromatic N) is 2. The van der Waals surface area contributed by atoms with Crippen molar-refractivity contribution in [2.45, 2.75) is 88.6 Å². The number of carbonyl (C=O) groups is 1. The monoisotopic (exact) mass is 600 g/mol. The van der Waals surface area contributed by atoms with E-state index in [2.05, 4.69) is 20.1 Å². The van der Waals surface area contributed by atoms with E-state index in [1.54, 1.807) is 6.07 Å². The maximum Gasteiger partial charge on any atom is 0.254 e. The molecule has 3 fully saturated rings. The summed E-state index contributed by atoms with van der Waals surface area (Å²) in [6, 6.07) is 4.96. The first-order chi connectivity index (χ1) is 19.7. The van der Waals surface area contributed by atoms with Crippen molar-refractivity contribution < 1.29 is 14.3 Å². The molecular formula is C31H41ClN4O4S. The zero-order valence-electron chi connectivity index (χ0n) is 24.5. The van der Waals surface area contributed by atoms with E-state index in [0.717, 1.165) is 42.3 Å². The van der Waals surface area contributed by atoms with E-state index in [0.29, 0.717) is 39.3 Å². The van der Waals surface area contributed by atoms with Crippen LogP contribution in [0.15, 0.2) is 21.8 Å². The number of H-pyrrole nitrogens is 1. The van der Waals surface area contributed by atoms with Crippen LogP contribution in [0.25, 0.3) is 0 Å². The number of fused-ring (bicyclic) bond motifs is 1. The topological polar surface area (TPSA) is 86.9 Å². The lowest BCUT2D eigenvalue weighted by molar-refractivity contribution is -0.127. The van der Waals surface area contributed by atoms with Crippen LogP contribution in [0, 0.1) is 19.8 Å². The van der Waals surface area contributed by atoms with Gasteiger partial charge in [-0.1, -0.05) is 11.6 Å². The number of aromatic amines is 1. The minimum absolute atomic E-state index is 0.118. The second-order valence-corrected chi connectivity index (χ2v) is 13.5. The van der Waals surface area contributed by atoms with Crippen molar-refractivity contribution in [3.05, 3.63) is 49.9 Å². The Morgan fingerprint density at radius 1 is 1.07 bits per heavy atom. The summed E-state index contributed by atoms with van der Waals surface area (Å²) >= 11 is 8.15. The van der Waals surface area contributed by atoms with E-state index in [1.165, 1.54) is 50.8 Å². The Balaban J connectivity index is 1.09. The summed E-state index contributed by atoms with van der Waals surface area (Å²) in [5, 5.41) is 3.27. The average Bonchev–Trinajstić information content (AvgIpc) is 3.58. The highest BCUT2D eigenvalue weighted by Gasteiger charge is 2.48. The molecule has 222 valence electrons. The standard InChI is InChI=1S/C31H41ClN4O4S/c1-18-13-26(41-4)24(30(38)34-18)15-33-29(37)23-14-25(32)28-27(19(23)2)39-31(3,40-28)20-7-9-21(10-8-20)36-16-22(17-36)35-11-5-6-12-35/h13-14,20-22H,5-12,15-17H2,1-4H3,(H,33,37)(H,34,38)/t20-,21-,31-/m0/s1. The number of aromatic nitrogens is 1. The Morgan fingerprint density at radius 2 is 1.76 bits per heavy atom. The van der Waals surface area contributed by atoms with Crippen LogP contribution in [0.1, 0.15) is 72.6 Å². The van der Waals surface area contributed by atoms with Gasteiger partial charge < -0.3 is 19.8 Å². The molecule has 4 heterocycles. The van der Waals surface area contributed by atoms with Crippen molar-refractivity contribution in [3.63, 3.8) is 0 Å². The van der Waals surface area contributed by atoms with Crippen molar-refractivity contribution in [1.29, 1.82) is 0 Å². The van der Waals surface area contributed by atoms with Gasteiger partial charge in [0.2, 0.25) is 0 Å². The molecule has 1 amide bonds. The van der Waals surface area contributed by atoms with Gasteiger partial charge in [0.05, 0.1) is 5.02 Å². The molecule has 1 saturated carbocycles. The Hall–Kier alpha value is -2.20. The zero-order valence-corrected chi connectivity index (χ0v) is 26.1. The first-order valence-electron chi connectivity index (χ1n) is 14.9. The maximum atomic E-state index is 13.3. The highest BCUT2D eigenvalue weighted by atomic mass is 35.5. The number of hydrogen-bond donors (Lipinski definition) is 2. The van der Waals surface area contributed by atoms with Crippen LogP contribution >= 0.6 is 23.4 Å². The van der Waals surface area contributed by atoms with Gasteiger partial charge in [0.25, 0.3) is 17.3 Å². The van der Waals surface area contributed by atoms with Crippen molar-refractivity contribution in [2.75, 3.05) is 32.4 Å². The van der Waals surface area contributed by atoms with Crippen molar-refractivity contribution in [1.82, 2.24) is 20.1 Å². The number of nitrogens with one attached hydrogen (secondary N) is 2. The van der Waals surface area contributed by atoms with Crippen LogP contribution in [0.4, 0.5) is 0 Å². The van der Waals surface area contributed by atoms with Crippen molar-refractivity contribution in [3.8, 4) is 11.5 Å². The van der Waals surface area contributed by atoms with E-state index in [9.17, 15) is 9.59 Å². The van der Waals surface area contributed by atoms with Crippen LogP contribution in [-0.4, -0.2) is 71.0 Å². The number of pyridine rings is 1. The molecule has 0 radical (unpaired) electrons. The summed E-state index contributed by atoms with van der Waals surface area (Å²) in [7, 11) is 0. The van der Waals surface area contributed by atoms with E-state index in [1.807, 2.05) is 33.1 Å². The van der Waals surface area contributed by atoms with Gasteiger partial charge in [-0.25, -0.2) is 0 Å². The Morgan fingerprint density at radius 3 is 2.44 bits per heavy atom. The predicted octanol–water partition coefficient (Wildman–Crippen LogP) is 5.12. The number of carbonyl (C=O) groups excluding carboxylic acids is 1. The molecule has 1 atom stereocenters. The third-order valence-corrected chi connectivity index (χ3v) is 10.8. The second-order valence-electron chi connectivity index (χ2n) is 12.3. The number of hydrogen-bond acceptors (Lipinski definition) is 7. The summed E-state index contributed by atoms with van der Waals surface area (Å²) in [5.74, 6) is 0.181. The summed E-state index contributed by atoms with van der Waals surface area (Å²) in [6.07, 6.45) is 8.98. The molecule has 3 aliphatic heterocycles. The second kappa shape index (κ2) is 11.5. The van der Waals surface area contributed by atoms with Gasteiger partial charge >= 0.3 is 0 Å². The molecule has 1 aliphatic carbocycles. The minimum Gasteiger partial charge on any atom is -0.448 e. The largest absolute Gasteiger partial charge is 0.448 e. The number of aryl methyl sites for hydroxylation is 1. The van der Waals surface area contributed by atoms with E-state index >= 15 is 0 Å². The highest BCUT2D eigenvalue weighted by molar-refractivity contribution is 7.98. The summed E-state index contributed by atoms with van der Waals surface area (Å²) in [4.78, 5) is 34.8. The van der Waals surface area contributed by atoms with Crippen LogP contribution in [0.3, 0.4) is 0 Å². The molecule has 1 aromatic carbocycles. The number of thioether (sulfide) groups is 1. The van der Waals surface area contributed by atoms with Gasteiger partial charge in [0.1, 0.15) is 0 Å². The molecular weight excluding hydrogens is 560 g/mol. The van der Waals surface area contributed by atoms with Crippen LogP contribution in [-0.2, 0) is 6.54 Å². The fourth-order valence-electron chi connectivity index (χ4n) is 7.14. The first kappa shape index (κ1) is 28.9. The molecule has 0 bridgehead atoms. The summed E-state index contributed by atoms with van der Waals surface area (Å²) in [6.45, 7) is 10.8. The molecule has 2 N–H and O–H groups in total. The molecule has 6 rings (SSSR count). The van der Waals surface area contributed by atoms with Gasteiger partial charge in [-0.2, -0.15) is 0 Å². The number of ether oxygens (including phenoxy) is 2. The van der Waals surface area contributed by atoms with Gasteiger partial charge in [0.15, 0.2) is 11.5 Å². The highest BCUT2D eigenvalue weighted by Crippen LogP contribution is 2.52. The smallest absolute Gasteiger partial charge is 0.254 e. The summed E-state index contributed by atoms with van der Waals surface area (Å²) < 4.78 is 13.0. The fraction of sp³-hybridized carbons (Fsp3) is 0.613. The van der Waals surface area contributed by atoms with Crippen molar-refractivity contribution in [2.24, 2.45) is 5.92 Å². The van der Waals surface area contributed by atoms with Crippen LogP contribution in [0.2, 0.25) is 5.02 Å². The molecule has 1 aromatic heterocycles. The van der Waals surface area contributed by atoms with E-state index in [-0.39, 0.29) is 23.9 Å². The molecule has 4 aliphatic rings. The van der Waals surface area contributed by atoms with Crippen molar-refractivity contribution >= 4 is 29.3 Å². The first-order valence-corrected chi connectivity index (χ1v) is 16.5. The predicted molar refractivity (Wildman–Crippen MR) is 163 cm³/mol. The van der Waals surface area contributed by atoms with E-state index in [4.69, 9.17) is 21.1 Å². The van der Waals surface area contributed by atoms with Gasteiger partial charge in [-0.05, 0) is 83.9 Å². The lowest BCUT2D eigenvalue weighted by atomic mass is 9.80. The molecule has 41 heavy (non-hydrogen) atoms. The quantitative estimate of drug-likeness (QED) is 0.427. The molecule has 8 nitrogen and oxygen atoms in total. The Labute approximate surface area is 251 Å². The van der Waals surface area contributed by atoms with Gasteiger partial charge in [-0.15, -0.1) is 11.8 Å². The molecule has 2 saturated heterocycles. The molecule has 0 unspecified atom stereocenters. The zero-order chi connectivity index (χ0) is 28.9. The molecule has 0 spiro atoms. The normalized spacial score (nSPS) is 26.8. The Kier molecular flexibility index (Phi) is 8.09. The van der Waals surface area contributed by atoms with Crippen LogP contribution in [0.5, 0.6) is 11.5 Å². The number of benzene rings is 1. The maximum absolute atomic E-state index is 13.3. The third-order valence-electron chi connectivity index (χ3n) is 9.67. The SMILES string of the molecule is CSc1cc(C)[nH]c(=O)c1CNC(=O)c1cc(Cl)c2c(c1C)O[C@](C)([C@H]1CC[C@H](N3CC(N4CCCC4)C3)CC1)O2. The van der Waals surface area contributed by atoms with Gasteiger partial charge in [0, 0.05) is 71.8 Å². The number of likely N-dealkylation sites (tertiary alicyclic amines) is 2. The lowest BCUT2D eigenvalue weighted by Gasteiger charge is -2.50. The third kappa shape index (κ3) is 5.51. The summed E-state index contributed by atoms with van der Waals surface area (Å²) in [5.41, 5.74) is 2.24.